The van der Waals surface area contributed by atoms with Crippen molar-refractivity contribution in [1.82, 2.24) is 5.16 Å². The van der Waals surface area contributed by atoms with E-state index in [-0.39, 0.29) is 5.91 Å². The molecule has 0 saturated carbocycles. The number of para-hydroxylation sites is 1. The third-order valence-electron chi connectivity index (χ3n) is 3.85. The fourth-order valence-corrected chi connectivity index (χ4v) is 2.84. The van der Waals surface area contributed by atoms with Gasteiger partial charge in [-0.05, 0) is 37.1 Å². The molecule has 3 rings (SSSR count). The molecule has 0 radical (unpaired) electrons. The van der Waals surface area contributed by atoms with Crippen molar-refractivity contribution >= 4 is 27.5 Å². The van der Waals surface area contributed by atoms with Crippen molar-refractivity contribution in [1.29, 1.82) is 0 Å². The monoisotopic (exact) mass is 384 g/mol. The minimum Gasteiger partial charge on any atom is -0.360 e. The summed E-state index contributed by atoms with van der Waals surface area (Å²) in [5.41, 5.74) is 3.75. The fraction of sp³-hybridized carbons (Fsp3) is 0.158. The van der Waals surface area contributed by atoms with Gasteiger partial charge in [0.25, 0.3) is 5.91 Å². The summed E-state index contributed by atoms with van der Waals surface area (Å²) in [6.45, 7) is 3.80. The van der Waals surface area contributed by atoms with Crippen molar-refractivity contribution in [2.75, 3.05) is 5.32 Å². The lowest BCUT2D eigenvalue weighted by atomic mass is 10.0. The zero-order chi connectivity index (χ0) is 17.1. The van der Waals surface area contributed by atoms with Crippen LogP contribution in [0.25, 0.3) is 11.3 Å². The Morgan fingerprint density at radius 3 is 2.58 bits per heavy atom. The number of nitrogens with zero attached hydrogens (tertiary/aromatic N) is 1. The third kappa shape index (κ3) is 3.26. The van der Waals surface area contributed by atoms with Gasteiger partial charge in [-0.3, -0.25) is 4.79 Å². The molecule has 2 aromatic carbocycles. The van der Waals surface area contributed by atoms with Gasteiger partial charge in [-0.1, -0.05) is 58.3 Å². The largest absolute Gasteiger partial charge is 0.360 e. The van der Waals surface area contributed by atoms with Gasteiger partial charge < -0.3 is 9.84 Å². The van der Waals surface area contributed by atoms with E-state index in [4.69, 9.17) is 4.52 Å². The van der Waals surface area contributed by atoms with E-state index < -0.39 is 0 Å². The third-order valence-corrected chi connectivity index (χ3v) is 4.38. The highest BCUT2D eigenvalue weighted by molar-refractivity contribution is 9.10. The Balaban J connectivity index is 1.96. The molecular formula is C19H17BrN2O2. The van der Waals surface area contributed by atoms with Gasteiger partial charge in [0.1, 0.15) is 17.0 Å². The number of carbonyl (C=O) groups excluding carboxylic acids is 1. The maximum absolute atomic E-state index is 12.8. The van der Waals surface area contributed by atoms with Crippen LogP contribution in [0.1, 0.15) is 28.6 Å². The molecule has 122 valence electrons. The second kappa shape index (κ2) is 7.01. The lowest BCUT2D eigenvalue weighted by Gasteiger charge is -2.10. The quantitative estimate of drug-likeness (QED) is 0.669. The second-order valence-electron chi connectivity index (χ2n) is 5.43. The number of nitrogens with one attached hydrogen (secondary N) is 1. The summed E-state index contributed by atoms with van der Waals surface area (Å²) in [7, 11) is 0. The van der Waals surface area contributed by atoms with E-state index in [2.05, 4.69) is 33.3 Å². The zero-order valence-corrected chi connectivity index (χ0v) is 15.1. The summed E-state index contributed by atoms with van der Waals surface area (Å²) in [6, 6.07) is 15.4. The van der Waals surface area contributed by atoms with Crippen LogP contribution in [0.15, 0.2) is 57.5 Å². The number of carbonyl (C=O) groups is 1. The van der Waals surface area contributed by atoms with Crippen LogP contribution in [0.3, 0.4) is 0 Å². The number of rotatable bonds is 4. The zero-order valence-electron chi connectivity index (χ0n) is 13.5. The molecule has 0 spiro atoms. The number of aromatic nitrogens is 1. The summed E-state index contributed by atoms with van der Waals surface area (Å²) in [5.74, 6) is 0.284. The first-order chi connectivity index (χ1) is 11.6. The summed E-state index contributed by atoms with van der Waals surface area (Å²) in [5, 5.41) is 7.05. The molecule has 0 aliphatic rings. The maximum atomic E-state index is 12.8. The van der Waals surface area contributed by atoms with Crippen molar-refractivity contribution < 1.29 is 9.32 Å². The molecule has 24 heavy (non-hydrogen) atoms. The lowest BCUT2D eigenvalue weighted by molar-refractivity contribution is 0.102. The van der Waals surface area contributed by atoms with Crippen LogP contribution in [0.4, 0.5) is 5.69 Å². The molecule has 1 aromatic heterocycles. The Labute approximate surface area is 149 Å². The van der Waals surface area contributed by atoms with Gasteiger partial charge in [0.15, 0.2) is 0 Å². The highest BCUT2D eigenvalue weighted by atomic mass is 79.9. The van der Waals surface area contributed by atoms with Crippen LogP contribution in [0.5, 0.6) is 0 Å². The molecule has 1 amide bonds. The molecule has 1 N–H and O–H groups in total. The highest BCUT2D eigenvalue weighted by Gasteiger charge is 2.22. The standard InChI is InChI=1S/C19H17BrN2O2/c1-3-13-6-4-5-7-16(13)21-19(23)17-12(2)24-22-18(17)14-8-10-15(20)11-9-14/h4-11H,3H2,1-2H3,(H,21,23). The SMILES string of the molecule is CCc1ccccc1NC(=O)c1c(-c2ccc(Br)cc2)noc1C. The first-order valence-corrected chi connectivity index (χ1v) is 8.51. The van der Waals surface area contributed by atoms with Crippen LogP contribution in [0, 0.1) is 6.92 Å². The number of anilines is 1. The van der Waals surface area contributed by atoms with E-state index in [9.17, 15) is 4.79 Å². The van der Waals surface area contributed by atoms with Crippen molar-refractivity contribution in [2.24, 2.45) is 0 Å². The van der Waals surface area contributed by atoms with Crippen molar-refractivity contribution in [3.63, 3.8) is 0 Å². The average Bonchev–Trinajstić information content (AvgIpc) is 2.97. The van der Waals surface area contributed by atoms with Crippen LogP contribution < -0.4 is 5.32 Å². The van der Waals surface area contributed by atoms with Gasteiger partial charge in [-0.2, -0.15) is 0 Å². The van der Waals surface area contributed by atoms with Crippen molar-refractivity contribution in [3.8, 4) is 11.3 Å². The molecular weight excluding hydrogens is 368 g/mol. The topological polar surface area (TPSA) is 55.1 Å². The van der Waals surface area contributed by atoms with Crippen molar-refractivity contribution in [2.45, 2.75) is 20.3 Å². The molecule has 1 heterocycles. The molecule has 3 aromatic rings. The van der Waals surface area contributed by atoms with E-state index in [1.165, 1.54) is 0 Å². The van der Waals surface area contributed by atoms with Crippen LogP contribution in [0.2, 0.25) is 0 Å². The van der Waals surface area contributed by atoms with Gasteiger partial charge in [-0.15, -0.1) is 0 Å². The maximum Gasteiger partial charge on any atom is 0.261 e. The Morgan fingerprint density at radius 1 is 1.17 bits per heavy atom. The Bertz CT molecular complexity index is 869. The van der Waals surface area contributed by atoms with Gasteiger partial charge >= 0.3 is 0 Å². The van der Waals surface area contributed by atoms with E-state index >= 15 is 0 Å². The molecule has 0 aliphatic heterocycles. The smallest absolute Gasteiger partial charge is 0.261 e. The average molecular weight is 385 g/mol. The van der Waals surface area contributed by atoms with E-state index in [0.717, 1.165) is 27.7 Å². The van der Waals surface area contributed by atoms with Gasteiger partial charge in [-0.25, -0.2) is 0 Å². The molecule has 5 heteroatoms. The summed E-state index contributed by atoms with van der Waals surface area (Å²) in [6.07, 6.45) is 0.846. The summed E-state index contributed by atoms with van der Waals surface area (Å²) < 4.78 is 6.24. The van der Waals surface area contributed by atoms with Crippen LogP contribution in [-0.2, 0) is 6.42 Å². The first kappa shape index (κ1) is 16.5. The van der Waals surface area contributed by atoms with Gasteiger partial charge in [0.05, 0.1) is 0 Å². The van der Waals surface area contributed by atoms with Crippen molar-refractivity contribution in [3.05, 3.63) is 69.9 Å². The fourth-order valence-electron chi connectivity index (χ4n) is 2.58. The Kier molecular flexibility index (Phi) is 4.81. The number of aryl methyl sites for hydroxylation is 2. The molecule has 0 bridgehead atoms. The highest BCUT2D eigenvalue weighted by Crippen LogP contribution is 2.28. The molecule has 0 fully saturated rings. The summed E-state index contributed by atoms with van der Waals surface area (Å²) >= 11 is 3.41. The van der Waals surface area contributed by atoms with Gasteiger partial charge in [0.2, 0.25) is 0 Å². The Morgan fingerprint density at radius 2 is 1.88 bits per heavy atom. The first-order valence-electron chi connectivity index (χ1n) is 7.71. The van der Waals surface area contributed by atoms with Crippen LogP contribution in [-0.4, -0.2) is 11.1 Å². The van der Waals surface area contributed by atoms with Gasteiger partial charge in [0, 0.05) is 15.7 Å². The molecule has 0 aliphatic carbocycles. The molecule has 0 unspecified atom stereocenters. The Hall–Kier alpha value is -2.40. The van der Waals surface area contributed by atoms with E-state index in [1.54, 1.807) is 6.92 Å². The lowest BCUT2D eigenvalue weighted by Crippen LogP contribution is -2.14. The minimum atomic E-state index is -0.215. The minimum absolute atomic E-state index is 0.215. The number of hydrogen-bond donors (Lipinski definition) is 1. The second-order valence-corrected chi connectivity index (χ2v) is 6.35. The predicted octanol–water partition coefficient (Wildman–Crippen LogP) is 5.23. The summed E-state index contributed by atoms with van der Waals surface area (Å²) in [4.78, 5) is 12.8. The van der Waals surface area contributed by atoms with Crippen LogP contribution >= 0.6 is 15.9 Å². The normalized spacial score (nSPS) is 10.6. The molecule has 0 saturated heterocycles. The van der Waals surface area contributed by atoms with E-state index in [1.807, 2.05) is 48.5 Å². The molecule has 0 atom stereocenters. The number of halogens is 1. The number of benzene rings is 2. The molecule has 4 nitrogen and oxygen atoms in total. The predicted molar refractivity (Wildman–Crippen MR) is 98.1 cm³/mol. The van der Waals surface area contributed by atoms with E-state index in [0.29, 0.717) is 17.0 Å². The number of amides is 1. The number of hydrogen-bond acceptors (Lipinski definition) is 3.